The Morgan fingerprint density at radius 1 is 1.30 bits per heavy atom. The van der Waals surface area contributed by atoms with Crippen LogP contribution in [0.25, 0.3) is 10.2 Å². The molecule has 3 aromatic rings. The van der Waals surface area contributed by atoms with Crippen LogP contribution in [0.3, 0.4) is 0 Å². The number of Topliss-reactive ketones (excluding diaryl/α,β-unsaturated/α-hetero) is 1. The van der Waals surface area contributed by atoms with Crippen molar-refractivity contribution in [3.8, 4) is 0 Å². The van der Waals surface area contributed by atoms with Gasteiger partial charge in [0, 0.05) is 25.4 Å². The van der Waals surface area contributed by atoms with Gasteiger partial charge in [-0.05, 0) is 24.1 Å². The largest absolute Gasteiger partial charge is 0.383 e. The van der Waals surface area contributed by atoms with Gasteiger partial charge in [-0.15, -0.1) is 23.1 Å². The van der Waals surface area contributed by atoms with Crippen molar-refractivity contribution in [1.82, 2.24) is 9.97 Å². The van der Waals surface area contributed by atoms with Crippen LogP contribution in [-0.4, -0.2) is 26.3 Å². The molecule has 2 aromatic heterocycles. The van der Waals surface area contributed by atoms with E-state index in [0.717, 1.165) is 26.9 Å². The minimum atomic E-state index is 0.0541. The standard InChI is InChI=1S/C19H18BrN3OS3/c1-19(2)7-12-14(9-26-19)27-17-15(12)16(21)22-18(23-17)25-8-13(24)10-3-5-11(20)6-4-10/h3-6H,7-9H2,1-2H3,(H2,21,22,23). The number of benzene rings is 1. The zero-order valence-corrected chi connectivity index (χ0v) is 18.9. The summed E-state index contributed by atoms with van der Waals surface area (Å²) in [6.45, 7) is 4.53. The van der Waals surface area contributed by atoms with Gasteiger partial charge in [-0.2, -0.15) is 0 Å². The predicted molar refractivity (Wildman–Crippen MR) is 120 cm³/mol. The quantitative estimate of drug-likeness (QED) is 0.299. The number of hydrogen-bond acceptors (Lipinski definition) is 7. The minimum absolute atomic E-state index is 0.0541. The van der Waals surface area contributed by atoms with E-state index in [4.69, 9.17) is 5.73 Å². The van der Waals surface area contributed by atoms with Crippen LogP contribution in [-0.2, 0) is 12.2 Å². The second kappa shape index (κ2) is 7.39. The topological polar surface area (TPSA) is 68.9 Å². The maximum absolute atomic E-state index is 12.4. The Morgan fingerprint density at radius 2 is 2.04 bits per heavy atom. The molecule has 0 amide bonds. The van der Waals surface area contributed by atoms with Crippen molar-refractivity contribution >= 4 is 72.6 Å². The van der Waals surface area contributed by atoms with Gasteiger partial charge in [-0.3, -0.25) is 4.79 Å². The number of halogens is 1. The summed E-state index contributed by atoms with van der Waals surface area (Å²) < 4.78 is 1.16. The van der Waals surface area contributed by atoms with Gasteiger partial charge in [0.15, 0.2) is 10.9 Å². The molecule has 0 fully saturated rings. The maximum atomic E-state index is 12.4. The number of carbonyl (C=O) groups excluding carboxylic acids is 1. The number of ketones is 1. The number of fused-ring (bicyclic) bond motifs is 3. The van der Waals surface area contributed by atoms with Gasteiger partial charge in [0.2, 0.25) is 0 Å². The lowest BCUT2D eigenvalue weighted by atomic mass is 9.99. The highest BCUT2D eigenvalue weighted by atomic mass is 79.9. The zero-order valence-electron chi connectivity index (χ0n) is 14.9. The first-order valence-corrected chi connectivity index (χ1v) is 12.0. The van der Waals surface area contributed by atoms with Crippen LogP contribution in [0.5, 0.6) is 0 Å². The van der Waals surface area contributed by atoms with Gasteiger partial charge in [0.1, 0.15) is 10.6 Å². The van der Waals surface area contributed by atoms with E-state index in [1.54, 1.807) is 11.3 Å². The Labute approximate surface area is 178 Å². The van der Waals surface area contributed by atoms with Crippen LogP contribution >= 0.6 is 50.8 Å². The molecule has 3 heterocycles. The van der Waals surface area contributed by atoms with E-state index < -0.39 is 0 Å². The average molecular weight is 480 g/mol. The van der Waals surface area contributed by atoms with Crippen molar-refractivity contribution in [2.24, 2.45) is 0 Å². The number of aromatic nitrogens is 2. The lowest BCUT2D eigenvalue weighted by Crippen LogP contribution is -2.22. The summed E-state index contributed by atoms with van der Waals surface area (Å²) in [6, 6.07) is 7.37. The fourth-order valence-electron chi connectivity index (χ4n) is 3.07. The van der Waals surface area contributed by atoms with Crippen LogP contribution in [0.4, 0.5) is 5.82 Å². The third kappa shape index (κ3) is 4.04. The zero-order chi connectivity index (χ0) is 19.2. The smallest absolute Gasteiger partial charge is 0.191 e. The van der Waals surface area contributed by atoms with Crippen molar-refractivity contribution < 1.29 is 4.79 Å². The van der Waals surface area contributed by atoms with Crippen LogP contribution in [0, 0.1) is 0 Å². The van der Waals surface area contributed by atoms with E-state index in [-0.39, 0.29) is 10.5 Å². The number of hydrogen-bond donors (Lipinski definition) is 1. The number of thioether (sulfide) groups is 2. The van der Waals surface area contributed by atoms with Gasteiger partial charge in [-0.25, -0.2) is 9.97 Å². The van der Waals surface area contributed by atoms with E-state index in [1.807, 2.05) is 36.0 Å². The molecule has 0 spiro atoms. The van der Waals surface area contributed by atoms with Crippen LogP contribution in [0.15, 0.2) is 33.9 Å². The molecule has 0 saturated carbocycles. The van der Waals surface area contributed by atoms with E-state index in [0.29, 0.717) is 22.3 Å². The van der Waals surface area contributed by atoms with Gasteiger partial charge >= 0.3 is 0 Å². The SMILES string of the molecule is CC1(C)Cc2c(sc3nc(SCC(=O)c4ccc(Br)cc4)nc(N)c23)CS1. The molecule has 0 unspecified atom stereocenters. The highest BCUT2D eigenvalue weighted by Crippen LogP contribution is 2.46. The first-order chi connectivity index (χ1) is 12.8. The Bertz CT molecular complexity index is 1030. The molecule has 0 saturated heterocycles. The van der Waals surface area contributed by atoms with Crippen molar-refractivity contribution in [3.63, 3.8) is 0 Å². The monoisotopic (exact) mass is 479 g/mol. The summed E-state index contributed by atoms with van der Waals surface area (Å²) in [5.74, 6) is 1.87. The van der Waals surface area contributed by atoms with Crippen LogP contribution in [0.2, 0.25) is 0 Å². The maximum Gasteiger partial charge on any atom is 0.191 e. The number of thiophene rings is 1. The first-order valence-electron chi connectivity index (χ1n) is 8.46. The van der Waals surface area contributed by atoms with Gasteiger partial charge < -0.3 is 5.73 Å². The molecular weight excluding hydrogens is 462 g/mol. The van der Waals surface area contributed by atoms with E-state index in [2.05, 4.69) is 39.7 Å². The second-order valence-electron chi connectivity index (χ2n) is 7.02. The fourth-order valence-corrected chi connectivity index (χ4v) is 6.48. The van der Waals surface area contributed by atoms with Crippen molar-refractivity contribution in [2.45, 2.75) is 35.9 Å². The first kappa shape index (κ1) is 19.2. The third-order valence-electron chi connectivity index (χ3n) is 4.44. The molecule has 8 heteroatoms. The number of nitrogens with two attached hydrogens (primary N) is 1. The molecule has 1 aliphatic heterocycles. The van der Waals surface area contributed by atoms with Crippen molar-refractivity contribution in [3.05, 3.63) is 44.7 Å². The Morgan fingerprint density at radius 3 is 2.78 bits per heavy atom. The normalized spacial score (nSPS) is 15.7. The van der Waals surface area contributed by atoms with Gasteiger partial charge in [0.25, 0.3) is 0 Å². The molecule has 4 rings (SSSR count). The number of carbonyl (C=O) groups is 1. The Hall–Kier alpha value is -1.09. The third-order valence-corrected chi connectivity index (χ3v) is 8.48. The van der Waals surface area contributed by atoms with Gasteiger partial charge in [-0.1, -0.05) is 53.7 Å². The molecule has 0 bridgehead atoms. The summed E-state index contributed by atoms with van der Waals surface area (Å²) in [7, 11) is 0. The fraction of sp³-hybridized carbons (Fsp3) is 0.316. The van der Waals surface area contributed by atoms with Gasteiger partial charge in [0.05, 0.1) is 11.1 Å². The number of nitrogens with zero attached hydrogens (tertiary/aromatic N) is 2. The number of anilines is 1. The molecular formula is C19H18BrN3OS3. The summed E-state index contributed by atoms with van der Waals surface area (Å²) in [6.07, 6.45) is 0.981. The number of rotatable bonds is 4. The lowest BCUT2D eigenvalue weighted by molar-refractivity contribution is 0.102. The summed E-state index contributed by atoms with van der Waals surface area (Å²) >= 11 is 8.40. The molecule has 27 heavy (non-hydrogen) atoms. The molecule has 140 valence electrons. The Kier molecular flexibility index (Phi) is 5.26. The Balaban J connectivity index is 1.57. The van der Waals surface area contributed by atoms with Crippen LogP contribution < -0.4 is 5.73 Å². The molecule has 2 N–H and O–H groups in total. The second-order valence-corrected chi connectivity index (χ2v) is 11.6. The molecule has 1 aromatic carbocycles. The molecule has 4 nitrogen and oxygen atoms in total. The summed E-state index contributed by atoms with van der Waals surface area (Å²) in [5, 5.41) is 1.57. The van der Waals surface area contributed by atoms with Crippen molar-refractivity contribution in [2.75, 3.05) is 11.5 Å². The number of nitrogen functional groups attached to an aromatic ring is 1. The summed E-state index contributed by atoms with van der Waals surface area (Å²) in [4.78, 5) is 23.8. The van der Waals surface area contributed by atoms with E-state index >= 15 is 0 Å². The molecule has 0 aliphatic carbocycles. The van der Waals surface area contributed by atoms with E-state index in [1.165, 1.54) is 22.2 Å². The highest BCUT2D eigenvalue weighted by Gasteiger charge is 2.30. The highest BCUT2D eigenvalue weighted by molar-refractivity contribution is 9.10. The minimum Gasteiger partial charge on any atom is -0.383 e. The lowest BCUT2D eigenvalue weighted by Gasteiger charge is -2.28. The van der Waals surface area contributed by atoms with E-state index in [9.17, 15) is 4.79 Å². The average Bonchev–Trinajstić information content (AvgIpc) is 2.97. The molecule has 0 atom stereocenters. The predicted octanol–water partition coefficient (Wildman–Crippen LogP) is 5.58. The molecule has 0 radical (unpaired) electrons. The molecule has 1 aliphatic rings. The van der Waals surface area contributed by atoms with Crippen molar-refractivity contribution in [1.29, 1.82) is 0 Å². The summed E-state index contributed by atoms with van der Waals surface area (Å²) in [5.41, 5.74) is 8.28. The van der Waals surface area contributed by atoms with Crippen LogP contribution in [0.1, 0.15) is 34.6 Å².